The van der Waals surface area contributed by atoms with Crippen LogP contribution >= 0.6 is 0 Å². The molecule has 1 aromatic carbocycles. The second-order valence-corrected chi connectivity index (χ2v) is 8.05. The Hall–Kier alpha value is -2.35. The second-order valence-electron chi connectivity index (χ2n) is 8.05. The minimum atomic E-state index is -0.646. The molecule has 0 spiro atoms. The van der Waals surface area contributed by atoms with Crippen LogP contribution in [0.15, 0.2) is 9.59 Å². The lowest BCUT2D eigenvalue weighted by Crippen LogP contribution is -2.45. The van der Waals surface area contributed by atoms with Gasteiger partial charge in [-0.1, -0.05) is 0 Å². The average Bonchev–Trinajstić information content (AvgIpc) is 3.33. The normalized spacial score (nSPS) is 21.2. The summed E-state index contributed by atoms with van der Waals surface area (Å²) in [6.07, 6.45) is 2.61. The number of hydrogen-bond donors (Lipinski definition) is 2. The molecule has 4 rings (SSSR count). The lowest BCUT2D eigenvalue weighted by atomic mass is 10.0. The molecule has 1 saturated carbocycles. The lowest BCUT2D eigenvalue weighted by molar-refractivity contribution is 0.487. The number of nitrogen functional groups attached to an aromatic ring is 1. The van der Waals surface area contributed by atoms with Crippen LogP contribution in [-0.2, 0) is 0 Å². The number of hydrogen-bond acceptors (Lipinski definition) is 5. The van der Waals surface area contributed by atoms with Gasteiger partial charge < -0.3 is 16.5 Å². The van der Waals surface area contributed by atoms with Gasteiger partial charge in [0.25, 0.3) is 5.56 Å². The molecule has 146 valence electrons. The Morgan fingerprint density at radius 3 is 2.37 bits per heavy atom. The van der Waals surface area contributed by atoms with Crippen molar-refractivity contribution in [3.63, 3.8) is 0 Å². The largest absolute Gasteiger partial charge is 0.369 e. The van der Waals surface area contributed by atoms with Gasteiger partial charge in [0.05, 0.1) is 16.6 Å². The molecule has 1 aliphatic heterocycles. The molecule has 27 heavy (non-hydrogen) atoms. The Balaban J connectivity index is 2.03. The zero-order chi connectivity index (χ0) is 19.6. The van der Waals surface area contributed by atoms with E-state index in [0.717, 1.165) is 19.3 Å². The summed E-state index contributed by atoms with van der Waals surface area (Å²) in [7, 11) is 0. The van der Waals surface area contributed by atoms with Crippen molar-refractivity contribution in [2.45, 2.75) is 52.1 Å². The maximum atomic E-state index is 15.4. The summed E-state index contributed by atoms with van der Waals surface area (Å²) in [6, 6.07) is 0.0520. The fourth-order valence-electron chi connectivity index (χ4n) is 4.38. The Labute approximate surface area is 156 Å². The van der Waals surface area contributed by atoms with E-state index in [4.69, 9.17) is 11.6 Å². The van der Waals surface area contributed by atoms with Gasteiger partial charge in [0.1, 0.15) is 0 Å². The van der Waals surface area contributed by atoms with Crippen LogP contribution in [0.4, 0.5) is 10.1 Å². The number of nitrogens with zero attached hydrogens (tertiary/aromatic N) is 3. The molecule has 1 aliphatic carbocycles. The van der Waals surface area contributed by atoms with Crippen LogP contribution in [-0.4, -0.2) is 28.4 Å². The van der Waals surface area contributed by atoms with Gasteiger partial charge >= 0.3 is 5.69 Å². The second kappa shape index (κ2) is 6.09. The Kier molecular flexibility index (Phi) is 4.06. The van der Waals surface area contributed by atoms with Crippen LogP contribution in [0.2, 0.25) is 0 Å². The number of fused-ring (bicyclic) bond motifs is 1. The molecule has 1 saturated heterocycles. The predicted molar refractivity (Wildman–Crippen MR) is 104 cm³/mol. The summed E-state index contributed by atoms with van der Waals surface area (Å²) >= 11 is 0. The van der Waals surface area contributed by atoms with Crippen molar-refractivity contribution in [2.75, 3.05) is 23.8 Å². The lowest BCUT2D eigenvalue weighted by Gasteiger charge is -2.26. The molecule has 4 N–H and O–H groups in total. The molecule has 0 bridgehead atoms. The number of nitrogens with two attached hydrogens (primary N) is 2. The molecule has 2 heterocycles. The van der Waals surface area contributed by atoms with Gasteiger partial charge in [-0.25, -0.2) is 9.18 Å². The smallest absolute Gasteiger partial charge is 0.350 e. The fourth-order valence-corrected chi connectivity index (χ4v) is 4.38. The van der Waals surface area contributed by atoms with Gasteiger partial charge in [-0.3, -0.25) is 9.36 Å². The summed E-state index contributed by atoms with van der Waals surface area (Å²) < 4.78 is 17.6. The molecule has 1 aromatic heterocycles. The van der Waals surface area contributed by atoms with E-state index in [1.165, 1.54) is 0 Å². The maximum Gasteiger partial charge on any atom is 0.350 e. The first-order valence-corrected chi connectivity index (χ1v) is 9.49. The van der Waals surface area contributed by atoms with Gasteiger partial charge in [0.2, 0.25) is 0 Å². The SMILES string of the molecule is Cc1c(F)c(N2CC[C@@H]([C@H](C)N)C2)c(C)c2c1c(=O)n(N)c(=O)n2C1CC1. The van der Waals surface area contributed by atoms with Crippen LogP contribution in [0, 0.1) is 25.6 Å². The third kappa shape index (κ3) is 2.57. The highest BCUT2D eigenvalue weighted by Crippen LogP contribution is 2.40. The number of rotatable bonds is 3. The van der Waals surface area contributed by atoms with E-state index >= 15 is 4.39 Å². The van der Waals surface area contributed by atoms with Crippen LogP contribution in [0.3, 0.4) is 0 Å². The van der Waals surface area contributed by atoms with Crippen molar-refractivity contribution < 1.29 is 4.39 Å². The molecule has 0 unspecified atom stereocenters. The third-order valence-electron chi connectivity index (χ3n) is 6.14. The number of aromatic nitrogens is 2. The monoisotopic (exact) mass is 375 g/mol. The Morgan fingerprint density at radius 2 is 1.81 bits per heavy atom. The van der Waals surface area contributed by atoms with Crippen LogP contribution < -0.4 is 27.7 Å². The quantitative estimate of drug-likeness (QED) is 0.784. The van der Waals surface area contributed by atoms with Crippen molar-refractivity contribution in [1.29, 1.82) is 0 Å². The molecule has 0 amide bonds. The summed E-state index contributed by atoms with van der Waals surface area (Å²) in [6.45, 7) is 6.72. The van der Waals surface area contributed by atoms with Gasteiger partial charge in [0.15, 0.2) is 5.82 Å². The van der Waals surface area contributed by atoms with Crippen LogP contribution in [0.1, 0.15) is 43.4 Å². The van der Waals surface area contributed by atoms with Gasteiger partial charge in [-0.15, -0.1) is 0 Å². The minimum absolute atomic E-state index is 0.0159. The van der Waals surface area contributed by atoms with E-state index in [9.17, 15) is 9.59 Å². The molecule has 2 fully saturated rings. The van der Waals surface area contributed by atoms with E-state index in [0.29, 0.717) is 40.5 Å². The summed E-state index contributed by atoms with van der Waals surface area (Å²) in [4.78, 5) is 27.4. The average molecular weight is 375 g/mol. The van der Waals surface area contributed by atoms with Crippen molar-refractivity contribution in [3.8, 4) is 0 Å². The molecule has 0 radical (unpaired) electrons. The zero-order valence-corrected chi connectivity index (χ0v) is 16.0. The van der Waals surface area contributed by atoms with Crippen molar-refractivity contribution >= 4 is 16.6 Å². The summed E-state index contributed by atoms with van der Waals surface area (Å²) in [5.74, 6) is 5.60. The number of aryl methyl sites for hydroxylation is 2. The van der Waals surface area contributed by atoms with Crippen molar-refractivity contribution in [3.05, 3.63) is 37.8 Å². The Morgan fingerprint density at radius 1 is 1.15 bits per heavy atom. The number of benzene rings is 1. The van der Waals surface area contributed by atoms with Gasteiger partial charge in [0, 0.05) is 36.3 Å². The van der Waals surface area contributed by atoms with E-state index in [-0.39, 0.29) is 23.0 Å². The topological polar surface area (TPSA) is 99.3 Å². The highest BCUT2D eigenvalue weighted by atomic mass is 19.1. The van der Waals surface area contributed by atoms with Crippen LogP contribution in [0.5, 0.6) is 0 Å². The highest BCUT2D eigenvalue weighted by molar-refractivity contribution is 5.90. The molecule has 2 aromatic rings. The molecular weight excluding hydrogens is 349 g/mol. The fraction of sp³-hybridized carbons (Fsp3) is 0.579. The molecule has 8 heteroatoms. The highest BCUT2D eigenvalue weighted by Gasteiger charge is 2.34. The van der Waals surface area contributed by atoms with E-state index in [1.807, 2.05) is 11.8 Å². The molecule has 2 atom stereocenters. The first-order chi connectivity index (χ1) is 12.7. The molecule has 2 aliphatic rings. The summed E-state index contributed by atoms with van der Waals surface area (Å²) in [5, 5.41) is 0.200. The minimum Gasteiger partial charge on any atom is -0.369 e. The predicted octanol–water partition coefficient (Wildman–Crippen LogP) is 1.14. The van der Waals surface area contributed by atoms with E-state index in [2.05, 4.69) is 0 Å². The molecule has 7 nitrogen and oxygen atoms in total. The van der Waals surface area contributed by atoms with Gasteiger partial charge in [-0.05, 0) is 46.0 Å². The summed E-state index contributed by atoms with van der Waals surface area (Å²) in [5.41, 5.74) is 6.72. The number of anilines is 1. The first-order valence-electron chi connectivity index (χ1n) is 9.49. The Bertz CT molecular complexity index is 1050. The van der Waals surface area contributed by atoms with Gasteiger partial charge in [-0.2, -0.15) is 4.68 Å². The van der Waals surface area contributed by atoms with E-state index in [1.54, 1.807) is 18.4 Å². The zero-order valence-electron chi connectivity index (χ0n) is 16.0. The first kappa shape index (κ1) is 18.0. The molecular formula is C19H26FN5O2. The standard InChI is InChI=1S/C19H26FN5O2/c1-9-14-16(24(13-4-5-13)19(27)25(22)18(14)26)10(2)17(15(9)20)23-7-6-12(8-23)11(3)21/h11-13H,4-8,21-22H2,1-3H3/t11-,12+/m0/s1. The van der Waals surface area contributed by atoms with Crippen LogP contribution in [0.25, 0.3) is 10.9 Å². The van der Waals surface area contributed by atoms with Crippen molar-refractivity contribution in [1.82, 2.24) is 9.24 Å². The van der Waals surface area contributed by atoms with E-state index < -0.39 is 17.1 Å². The number of halogens is 1. The maximum absolute atomic E-state index is 15.4. The van der Waals surface area contributed by atoms with Crippen molar-refractivity contribution in [2.24, 2.45) is 11.7 Å². The third-order valence-corrected chi connectivity index (χ3v) is 6.14.